The Bertz CT molecular complexity index is 69.7. The molecule has 0 aromatic heterocycles. The molecule has 0 rings (SSSR count). The highest BCUT2D eigenvalue weighted by molar-refractivity contribution is 7.75. The van der Waals surface area contributed by atoms with Crippen molar-refractivity contribution in [3.8, 4) is 0 Å². The van der Waals surface area contributed by atoms with Crippen LogP contribution in [0.5, 0.6) is 0 Å². The minimum Gasteiger partial charge on any atom is -0.252 e. The zero-order valence-corrected chi connectivity index (χ0v) is 6.13. The predicted octanol–water partition coefficient (Wildman–Crippen LogP) is 0.991. The lowest BCUT2D eigenvalue weighted by molar-refractivity contribution is 0.310. The summed E-state index contributed by atoms with van der Waals surface area (Å²) in [5, 5.41) is 0. The molecule has 6 heteroatoms. The summed E-state index contributed by atoms with van der Waals surface area (Å²) in [6.45, 7) is 0. The largest absolute Gasteiger partial charge is 0.307 e. The van der Waals surface area contributed by atoms with Crippen LogP contribution in [0.1, 0.15) is 0 Å². The van der Waals surface area contributed by atoms with E-state index in [4.69, 9.17) is 23.2 Å². The van der Waals surface area contributed by atoms with Crippen molar-refractivity contribution in [3.05, 3.63) is 0 Å². The summed E-state index contributed by atoms with van der Waals surface area (Å²) in [5.74, 6) is 0. The van der Waals surface area contributed by atoms with Gasteiger partial charge >= 0.3 is 11.4 Å². The second kappa shape index (κ2) is 5.78. The fourth-order valence-corrected chi connectivity index (χ4v) is 0.757. The van der Waals surface area contributed by atoms with Crippen molar-refractivity contribution in [2.24, 2.45) is 0 Å². The van der Waals surface area contributed by atoms with Gasteiger partial charge in [-0.05, 0) is 0 Å². The van der Waals surface area contributed by atoms with Gasteiger partial charge in [-0.15, -0.1) is 0 Å². The first kappa shape index (κ1) is 8.65. The van der Waals surface area contributed by atoms with Crippen molar-refractivity contribution in [2.75, 3.05) is 12.1 Å². The van der Waals surface area contributed by atoms with E-state index in [0.717, 1.165) is 0 Å². The van der Waals surface area contributed by atoms with Crippen LogP contribution in [0, 0.1) is 0 Å². The Morgan fingerprint density at radius 1 is 1.25 bits per heavy atom. The molecule has 8 heavy (non-hydrogen) atoms. The average Bonchev–Trinajstić information content (AvgIpc) is 1.68. The highest BCUT2D eigenvalue weighted by atomic mass is 35.5. The van der Waals surface area contributed by atoms with E-state index in [1.54, 1.807) is 0 Å². The van der Waals surface area contributed by atoms with Gasteiger partial charge in [0.25, 0.3) is 0 Å². The molecular weight excluding hydrogens is 175 g/mol. The third kappa shape index (κ3) is 4.80. The number of halogens is 2. The number of hydrogen-bond donors (Lipinski definition) is 0. The quantitative estimate of drug-likeness (QED) is 0.603. The molecule has 0 fully saturated rings. The average molecular weight is 179 g/mol. The van der Waals surface area contributed by atoms with Gasteiger partial charge in [-0.3, -0.25) is 8.37 Å². The molecule has 0 aromatic rings. The van der Waals surface area contributed by atoms with Crippen molar-refractivity contribution < 1.29 is 12.6 Å². The van der Waals surface area contributed by atoms with Crippen LogP contribution < -0.4 is 0 Å². The molecule has 0 radical (unpaired) electrons. The van der Waals surface area contributed by atoms with Crippen LogP contribution in [0.25, 0.3) is 0 Å². The van der Waals surface area contributed by atoms with Gasteiger partial charge in [-0.2, -0.15) is 4.21 Å². The summed E-state index contributed by atoms with van der Waals surface area (Å²) in [6.07, 6.45) is 0. The summed E-state index contributed by atoms with van der Waals surface area (Å²) < 4.78 is 18.6. The summed E-state index contributed by atoms with van der Waals surface area (Å²) >= 11 is 8.20. The molecule has 0 atom stereocenters. The zero-order valence-electron chi connectivity index (χ0n) is 3.80. The van der Waals surface area contributed by atoms with Crippen LogP contribution in [-0.2, 0) is 19.7 Å². The van der Waals surface area contributed by atoms with Gasteiger partial charge in [0.1, 0.15) is 12.1 Å². The Hall–Kier alpha value is 0.650. The van der Waals surface area contributed by atoms with Gasteiger partial charge < -0.3 is 0 Å². The third-order valence-electron chi connectivity index (χ3n) is 0.282. The Morgan fingerprint density at radius 3 is 1.88 bits per heavy atom. The van der Waals surface area contributed by atoms with E-state index in [2.05, 4.69) is 8.37 Å². The first-order valence-electron chi connectivity index (χ1n) is 1.61. The molecule has 0 spiro atoms. The Kier molecular flexibility index (Phi) is 6.25. The van der Waals surface area contributed by atoms with Crippen molar-refractivity contribution in [1.29, 1.82) is 0 Å². The second-order valence-corrected chi connectivity index (χ2v) is 1.97. The molecule has 3 nitrogen and oxygen atoms in total. The summed E-state index contributed by atoms with van der Waals surface area (Å²) in [7, 11) is 0. The van der Waals surface area contributed by atoms with E-state index in [-0.39, 0.29) is 12.1 Å². The van der Waals surface area contributed by atoms with Crippen molar-refractivity contribution >= 4 is 34.6 Å². The van der Waals surface area contributed by atoms with Crippen LogP contribution >= 0.6 is 23.2 Å². The van der Waals surface area contributed by atoms with Crippen LogP contribution in [0.3, 0.4) is 0 Å². The van der Waals surface area contributed by atoms with Gasteiger partial charge in [0.05, 0.1) is 0 Å². The standard InChI is InChI=1S/C2H4Cl2O3S/c3-1-6-8(5)7-2-4/h1-2H2. The molecule has 0 N–H and O–H groups in total. The van der Waals surface area contributed by atoms with Crippen LogP contribution in [0.4, 0.5) is 0 Å². The topological polar surface area (TPSA) is 35.5 Å². The first-order chi connectivity index (χ1) is 3.81. The summed E-state index contributed by atoms with van der Waals surface area (Å²) in [6, 6.07) is -0.326. The van der Waals surface area contributed by atoms with E-state index in [1.165, 1.54) is 0 Å². The predicted molar refractivity (Wildman–Crippen MR) is 31.8 cm³/mol. The Morgan fingerprint density at radius 2 is 1.62 bits per heavy atom. The molecule has 0 bridgehead atoms. The maximum atomic E-state index is 10.1. The van der Waals surface area contributed by atoms with Gasteiger partial charge in [-0.25, -0.2) is 0 Å². The highest BCUT2D eigenvalue weighted by Crippen LogP contribution is 1.91. The third-order valence-corrected chi connectivity index (χ3v) is 1.38. The Balaban J connectivity index is 3.06. The summed E-state index contributed by atoms with van der Waals surface area (Å²) in [4.78, 5) is 0. The molecular formula is C2H4Cl2O3S. The molecule has 0 unspecified atom stereocenters. The second-order valence-electron chi connectivity index (χ2n) is 0.658. The van der Waals surface area contributed by atoms with E-state index < -0.39 is 11.4 Å². The minimum atomic E-state index is -1.78. The fourth-order valence-electron chi connectivity index (χ4n) is 0.107. The van der Waals surface area contributed by atoms with E-state index in [1.807, 2.05) is 0 Å². The monoisotopic (exact) mass is 178 g/mol. The first-order valence-corrected chi connectivity index (χ1v) is 3.68. The molecule has 50 valence electrons. The SMILES string of the molecule is O=S(OCCl)OCCl. The lowest BCUT2D eigenvalue weighted by atomic mass is 11.7. The molecule has 0 heterocycles. The van der Waals surface area contributed by atoms with Gasteiger partial charge in [0.2, 0.25) is 0 Å². The molecule has 0 saturated carbocycles. The van der Waals surface area contributed by atoms with E-state index >= 15 is 0 Å². The molecule has 0 amide bonds. The van der Waals surface area contributed by atoms with Crippen molar-refractivity contribution in [2.45, 2.75) is 0 Å². The molecule has 0 aromatic carbocycles. The number of hydrogen-bond acceptors (Lipinski definition) is 3. The van der Waals surface area contributed by atoms with E-state index in [9.17, 15) is 4.21 Å². The van der Waals surface area contributed by atoms with Gasteiger partial charge in [-0.1, -0.05) is 23.2 Å². The van der Waals surface area contributed by atoms with Crippen LogP contribution in [-0.4, -0.2) is 16.3 Å². The normalized spacial score (nSPS) is 10.4. The van der Waals surface area contributed by atoms with Crippen molar-refractivity contribution in [3.63, 3.8) is 0 Å². The molecule has 0 aliphatic heterocycles. The van der Waals surface area contributed by atoms with Crippen LogP contribution in [0.15, 0.2) is 0 Å². The maximum absolute atomic E-state index is 10.1. The number of rotatable bonds is 4. The maximum Gasteiger partial charge on any atom is 0.307 e. The summed E-state index contributed by atoms with van der Waals surface area (Å²) in [5.41, 5.74) is 0. The Labute approximate surface area is 59.7 Å². The minimum absolute atomic E-state index is 0.163. The van der Waals surface area contributed by atoms with Crippen LogP contribution in [0.2, 0.25) is 0 Å². The lowest BCUT2D eigenvalue weighted by Crippen LogP contribution is -1.98. The fraction of sp³-hybridized carbons (Fsp3) is 1.00. The zero-order chi connectivity index (χ0) is 6.41. The van der Waals surface area contributed by atoms with E-state index in [0.29, 0.717) is 0 Å². The van der Waals surface area contributed by atoms with Gasteiger partial charge in [0, 0.05) is 0 Å². The molecule has 0 saturated heterocycles. The highest BCUT2D eigenvalue weighted by Gasteiger charge is 1.94. The molecule has 0 aliphatic rings. The smallest absolute Gasteiger partial charge is 0.252 e. The van der Waals surface area contributed by atoms with Crippen molar-refractivity contribution in [1.82, 2.24) is 0 Å². The lowest BCUT2D eigenvalue weighted by Gasteiger charge is -1.93. The number of alkyl halides is 2. The molecule has 0 aliphatic carbocycles. The van der Waals surface area contributed by atoms with Gasteiger partial charge in [0.15, 0.2) is 0 Å².